The number of hydrogen-bond acceptors (Lipinski definition) is 0. The second kappa shape index (κ2) is 8.30. The van der Waals surface area contributed by atoms with E-state index in [1.807, 2.05) is 12.2 Å². The predicted octanol–water partition coefficient (Wildman–Crippen LogP) is 6.32. The zero-order chi connectivity index (χ0) is 17.5. The minimum atomic E-state index is 0.247. The van der Waals surface area contributed by atoms with Crippen LogP contribution in [0.2, 0.25) is 0 Å². The van der Waals surface area contributed by atoms with Crippen molar-refractivity contribution in [3.05, 3.63) is 132 Å². The third kappa shape index (κ3) is 4.16. The minimum Gasteiger partial charge on any atom is -0.103 e. The van der Waals surface area contributed by atoms with Crippen molar-refractivity contribution in [3.8, 4) is 0 Å². The van der Waals surface area contributed by atoms with Gasteiger partial charge < -0.3 is 0 Å². The van der Waals surface area contributed by atoms with Crippen molar-refractivity contribution in [2.45, 2.75) is 18.8 Å². The Balaban J connectivity index is 2.00. The molecule has 0 saturated carbocycles. The fraction of sp³-hybridized carbons (Fsp3) is 0.120. The highest BCUT2D eigenvalue weighted by Gasteiger charge is 2.16. The Morgan fingerprint density at radius 3 is 1.36 bits per heavy atom. The fourth-order valence-corrected chi connectivity index (χ4v) is 3.25. The second-order valence-electron chi connectivity index (χ2n) is 6.31. The Labute approximate surface area is 151 Å². The fourth-order valence-electron chi connectivity index (χ4n) is 3.25. The largest absolute Gasteiger partial charge is 0.103 e. The van der Waals surface area contributed by atoms with Gasteiger partial charge in [0.1, 0.15) is 0 Å². The van der Waals surface area contributed by atoms with Gasteiger partial charge in [0, 0.05) is 5.92 Å². The quantitative estimate of drug-likeness (QED) is 0.352. The first-order valence-electron chi connectivity index (χ1n) is 8.76. The lowest BCUT2D eigenvalue weighted by atomic mass is 9.84. The summed E-state index contributed by atoms with van der Waals surface area (Å²) in [5, 5.41) is 0. The van der Waals surface area contributed by atoms with Gasteiger partial charge in [-0.2, -0.15) is 0 Å². The summed E-state index contributed by atoms with van der Waals surface area (Å²) < 4.78 is 0. The Morgan fingerprint density at radius 2 is 0.960 bits per heavy atom. The van der Waals surface area contributed by atoms with Gasteiger partial charge in [0.2, 0.25) is 0 Å². The summed E-state index contributed by atoms with van der Waals surface area (Å²) in [5.41, 5.74) is 6.54. The molecule has 0 bridgehead atoms. The number of hydrogen-bond donors (Lipinski definition) is 0. The summed E-state index contributed by atoms with van der Waals surface area (Å²) in [7, 11) is 0. The molecule has 0 radical (unpaired) electrons. The normalized spacial score (nSPS) is 10.6. The summed E-state index contributed by atoms with van der Waals surface area (Å²) in [6, 6.07) is 28.5. The molecule has 0 aliphatic heterocycles. The lowest BCUT2D eigenvalue weighted by Crippen LogP contribution is -2.03. The molecule has 0 heterocycles. The van der Waals surface area contributed by atoms with Crippen LogP contribution in [0.3, 0.4) is 0 Å². The van der Waals surface area contributed by atoms with Gasteiger partial charge in [0.15, 0.2) is 0 Å². The van der Waals surface area contributed by atoms with Crippen LogP contribution in [0.4, 0.5) is 0 Å². The molecule has 0 atom stereocenters. The van der Waals surface area contributed by atoms with E-state index in [1.54, 1.807) is 0 Å². The molecule has 0 N–H and O–H groups in total. The van der Waals surface area contributed by atoms with Gasteiger partial charge in [-0.25, -0.2) is 0 Å². The van der Waals surface area contributed by atoms with Gasteiger partial charge in [-0.1, -0.05) is 91.0 Å². The summed E-state index contributed by atoms with van der Waals surface area (Å²) in [4.78, 5) is 0. The molecule has 3 rings (SSSR count). The van der Waals surface area contributed by atoms with E-state index in [0.717, 1.165) is 12.8 Å². The second-order valence-corrected chi connectivity index (χ2v) is 6.31. The van der Waals surface area contributed by atoms with Crippen LogP contribution in [0, 0.1) is 0 Å². The molecule has 25 heavy (non-hydrogen) atoms. The molecular formula is C25H24. The van der Waals surface area contributed by atoms with Crippen LogP contribution in [0.5, 0.6) is 0 Å². The zero-order valence-electron chi connectivity index (χ0n) is 14.6. The van der Waals surface area contributed by atoms with Crippen LogP contribution >= 0.6 is 0 Å². The number of benzene rings is 3. The van der Waals surface area contributed by atoms with Gasteiger partial charge in [-0.05, 0) is 40.7 Å². The van der Waals surface area contributed by atoms with Crippen LogP contribution in [0.25, 0.3) is 0 Å². The predicted molar refractivity (Wildman–Crippen MR) is 108 cm³/mol. The highest BCUT2D eigenvalue weighted by Crippen LogP contribution is 2.32. The van der Waals surface area contributed by atoms with Crippen molar-refractivity contribution < 1.29 is 0 Å². The molecule has 0 nitrogen and oxygen atoms in total. The molecule has 3 aromatic carbocycles. The standard InChI is InChI=1S/C25H24/c1-3-8-20-12-16-23(17-13-20)25(22-10-6-5-7-11-22)24-18-14-21(9-4-2)15-19-24/h3-7,10-19,25H,1-2,8-9H2. The van der Waals surface area contributed by atoms with E-state index in [0.29, 0.717) is 0 Å². The molecule has 124 valence electrons. The first-order valence-corrected chi connectivity index (χ1v) is 8.76. The maximum Gasteiger partial charge on any atom is 0.0339 e. The Kier molecular flexibility index (Phi) is 5.64. The van der Waals surface area contributed by atoms with E-state index in [9.17, 15) is 0 Å². The summed E-state index contributed by atoms with van der Waals surface area (Å²) in [5.74, 6) is 0.247. The first kappa shape index (κ1) is 17.0. The van der Waals surface area contributed by atoms with E-state index in [1.165, 1.54) is 27.8 Å². The summed E-state index contributed by atoms with van der Waals surface area (Å²) in [6.07, 6.45) is 5.71. The molecular weight excluding hydrogens is 300 g/mol. The van der Waals surface area contributed by atoms with Crippen LogP contribution in [0.1, 0.15) is 33.7 Å². The average Bonchev–Trinajstić information content (AvgIpc) is 2.66. The third-order valence-electron chi connectivity index (χ3n) is 4.52. The van der Waals surface area contributed by atoms with Crippen molar-refractivity contribution in [1.82, 2.24) is 0 Å². The lowest BCUT2D eigenvalue weighted by Gasteiger charge is -2.19. The molecule has 0 saturated heterocycles. The van der Waals surface area contributed by atoms with Gasteiger partial charge >= 0.3 is 0 Å². The van der Waals surface area contributed by atoms with Crippen molar-refractivity contribution >= 4 is 0 Å². The molecule has 3 aromatic rings. The summed E-state index contributed by atoms with van der Waals surface area (Å²) in [6.45, 7) is 7.65. The molecule has 0 fully saturated rings. The third-order valence-corrected chi connectivity index (χ3v) is 4.52. The molecule has 0 aliphatic rings. The summed E-state index contributed by atoms with van der Waals surface area (Å²) >= 11 is 0. The number of allylic oxidation sites excluding steroid dienone is 2. The minimum absolute atomic E-state index is 0.247. The average molecular weight is 324 g/mol. The van der Waals surface area contributed by atoms with Crippen molar-refractivity contribution in [1.29, 1.82) is 0 Å². The number of rotatable bonds is 7. The highest BCUT2D eigenvalue weighted by molar-refractivity contribution is 5.44. The van der Waals surface area contributed by atoms with Crippen LogP contribution in [-0.2, 0) is 12.8 Å². The maximum absolute atomic E-state index is 3.82. The Morgan fingerprint density at radius 1 is 0.560 bits per heavy atom. The monoisotopic (exact) mass is 324 g/mol. The van der Waals surface area contributed by atoms with E-state index < -0.39 is 0 Å². The maximum atomic E-state index is 3.82. The van der Waals surface area contributed by atoms with Crippen LogP contribution < -0.4 is 0 Å². The van der Waals surface area contributed by atoms with Gasteiger partial charge in [0.25, 0.3) is 0 Å². The topological polar surface area (TPSA) is 0 Å². The lowest BCUT2D eigenvalue weighted by molar-refractivity contribution is 0.972. The first-order chi connectivity index (χ1) is 12.3. The zero-order valence-corrected chi connectivity index (χ0v) is 14.6. The van der Waals surface area contributed by atoms with Crippen molar-refractivity contribution in [2.75, 3.05) is 0 Å². The molecule has 0 heteroatoms. The molecule has 0 amide bonds. The van der Waals surface area contributed by atoms with Crippen molar-refractivity contribution in [3.63, 3.8) is 0 Å². The SMILES string of the molecule is C=CCc1ccc(C(c2ccccc2)c2ccc(CC=C)cc2)cc1. The molecule has 0 spiro atoms. The van der Waals surface area contributed by atoms with Gasteiger partial charge in [-0.3, -0.25) is 0 Å². The van der Waals surface area contributed by atoms with Crippen LogP contribution in [0.15, 0.2) is 104 Å². The van der Waals surface area contributed by atoms with E-state index in [2.05, 4.69) is 92.0 Å². The van der Waals surface area contributed by atoms with E-state index >= 15 is 0 Å². The van der Waals surface area contributed by atoms with Gasteiger partial charge in [0.05, 0.1) is 0 Å². The molecule has 0 aliphatic carbocycles. The Hall–Kier alpha value is -2.86. The Bertz CT molecular complexity index is 755. The highest BCUT2D eigenvalue weighted by atomic mass is 14.2. The van der Waals surface area contributed by atoms with E-state index in [4.69, 9.17) is 0 Å². The van der Waals surface area contributed by atoms with Crippen molar-refractivity contribution in [2.24, 2.45) is 0 Å². The van der Waals surface area contributed by atoms with E-state index in [-0.39, 0.29) is 5.92 Å². The van der Waals surface area contributed by atoms with Gasteiger partial charge in [-0.15, -0.1) is 13.2 Å². The molecule has 0 unspecified atom stereocenters. The van der Waals surface area contributed by atoms with Crippen LogP contribution in [-0.4, -0.2) is 0 Å². The molecule has 0 aromatic heterocycles. The smallest absolute Gasteiger partial charge is 0.0339 e.